The van der Waals surface area contributed by atoms with Gasteiger partial charge in [-0.3, -0.25) is 4.79 Å². The molecule has 0 rings (SSSR count). The fraction of sp³-hybridized carbons (Fsp3) is 0.955. The highest BCUT2D eigenvalue weighted by Gasteiger charge is 2.10. The molecule has 0 spiro atoms. The van der Waals surface area contributed by atoms with E-state index >= 15 is 0 Å². The zero-order chi connectivity index (χ0) is 19.3. The molecule has 0 saturated carbocycles. The van der Waals surface area contributed by atoms with Crippen molar-refractivity contribution in [2.24, 2.45) is 0 Å². The first-order valence-electron chi connectivity index (χ1n) is 11.0. The Labute approximate surface area is 167 Å². The van der Waals surface area contributed by atoms with Gasteiger partial charge in [0.25, 0.3) is 0 Å². The zero-order valence-electron chi connectivity index (χ0n) is 17.4. The lowest BCUT2D eigenvalue weighted by Gasteiger charge is -2.16. The number of hydrogen-bond donors (Lipinski definition) is 0. The maximum atomic E-state index is 11.1. The van der Waals surface area contributed by atoms with Gasteiger partial charge in [-0.15, -0.1) is 0 Å². The molecular formula is C22H43ClO3. The summed E-state index contributed by atoms with van der Waals surface area (Å²) in [5.41, 5.74) is 0. The van der Waals surface area contributed by atoms with Gasteiger partial charge in [-0.05, 0) is 19.3 Å². The maximum Gasteiger partial charge on any atom is 0.305 e. The van der Waals surface area contributed by atoms with E-state index in [0.717, 1.165) is 19.3 Å². The minimum Gasteiger partial charge on any atom is -0.469 e. The molecule has 1 unspecified atom stereocenters. The van der Waals surface area contributed by atoms with Crippen LogP contribution in [0.4, 0.5) is 0 Å². The number of methoxy groups -OCH3 is 1. The number of carbonyl (C=O) groups is 1. The van der Waals surface area contributed by atoms with Gasteiger partial charge in [0.05, 0.1) is 13.2 Å². The van der Waals surface area contributed by atoms with E-state index in [0.29, 0.717) is 6.42 Å². The van der Waals surface area contributed by atoms with Gasteiger partial charge in [0, 0.05) is 6.42 Å². The van der Waals surface area contributed by atoms with Crippen molar-refractivity contribution in [2.75, 3.05) is 13.2 Å². The number of rotatable bonds is 20. The van der Waals surface area contributed by atoms with Crippen LogP contribution in [0.15, 0.2) is 0 Å². The summed E-state index contributed by atoms with van der Waals surface area (Å²) in [6.07, 6.45) is 21.2. The molecule has 0 aliphatic heterocycles. The van der Waals surface area contributed by atoms with E-state index < -0.39 is 0 Å². The van der Waals surface area contributed by atoms with Crippen LogP contribution in [-0.2, 0) is 14.3 Å². The molecule has 156 valence electrons. The summed E-state index contributed by atoms with van der Waals surface area (Å²) < 4.78 is 10.2. The fourth-order valence-corrected chi connectivity index (χ4v) is 3.54. The summed E-state index contributed by atoms with van der Waals surface area (Å²) >= 11 is 5.71. The van der Waals surface area contributed by atoms with Gasteiger partial charge in [-0.25, -0.2) is 0 Å². The lowest BCUT2D eigenvalue weighted by atomic mass is 10.0. The van der Waals surface area contributed by atoms with Crippen LogP contribution >= 0.6 is 11.6 Å². The second kappa shape index (κ2) is 21.0. The summed E-state index contributed by atoms with van der Waals surface area (Å²) in [6, 6.07) is 0.237. The highest BCUT2D eigenvalue weighted by atomic mass is 35.5. The standard InChI is InChI=1S/C22H43ClO3/c1-3-4-5-6-7-8-9-10-11-12-13-14-15-17-21(26-20-23)18-16-19-22(24)25-2/h21H,3-20H2,1-2H3. The summed E-state index contributed by atoms with van der Waals surface area (Å²) in [5.74, 6) is -0.143. The Bertz CT molecular complexity index is 297. The topological polar surface area (TPSA) is 35.5 Å². The molecule has 0 N–H and O–H groups in total. The molecule has 26 heavy (non-hydrogen) atoms. The van der Waals surface area contributed by atoms with Crippen molar-refractivity contribution in [3.05, 3.63) is 0 Å². The van der Waals surface area contributed by atoms with Crippen LogP contribution in [0.5, 0.6) is 0 Å². The zero-order valence-corrected chi connectivity index (χ0v) is 18.2. The van der Waals surface area contributed by atoms with Gasteiger partial charge >= 0.3 is 5.97 Å². The van der Waals surface area contributed by atoms with E-state index in [2.05, 4.69) is 11.7 Å². The number of unbranched alkanes of at least 4 members (excludes halogenated alkanes) is 12. The van der Waals surface area contributed by atoms with Crippen molar-refractivity contribution in [1.29, 1.82) is 0 Å². The number of alkyl halides is 1. The van der Waals surface area contributed by atoms with Crippen LogP contribution in [0.3, 0.4) is 0 Å². The van der Waals surface area contributed by atoms with Crippen LogP contribution < -0.4 is 0 Å². The van der Waals surface area contributed by atoms with Crippen LogP contribution in [0.25, 0.3) is 0 Å². The minimum absolute atomic E-state index is 0.143. The highest BCUT2D eigenvalue weighted by molar-refractivity contribution is 6.17. The molecule has 0 aromatic rings. The average molecular weight is 391 g/mol. The molecule has 4 heteroatoms. The van der Waals surface area contributed by atoms with E-state index in [9.17, 15) is 4.79 Å². The lowest BCUT2D eigenvalue weighted by Crippen LogP contribution is -2.13. The van der Waals surface area contributed by atoms with E-state index in [1.54, 1.807) is 0 Å². The molecule has 0 saturated heterocycles. The molecule has 0 aromatic heterocycles. The molecule has 0 aliphatic carbocycles. The van der Waals surface area contributed by atoms with Crippen LogP contribution in [-0.4, -0.2) is 25.2 Å². The van der Waals surface area contributed by atoms with Gasteiger partial charge in [0.2, 0.25) is 0 Å². The van der Waals surface area contributed by atoms with Crippen molar-refractivity contribution in [3.8, 4) is 0 Å². The Morgan fingerprint density at radius 1 is 0.769 bits per heavy atom. The first kappa shape index (κ1) is 25.7. The van der Waals surface area contributed by atoms with E-state index in [1.165, 1.54) is 90.6 Å². The normalized spacial score (nSPS) is 12.3. The number of hydrogen-bond acceptors (Lipinski definition) is 3. The second-order valence-corrected chi connectivity index (χ2v) is 7.62. The summed E-state index contributed by atoms with van der Waals surface area (Å²) in [6.45, 7) is 2.27. The maximum absolute atomic E-state index is 11.1. The van der Waals surface area contributed by atoms with Crippen molar-refractivity contribution >= 4 is 17.6 Å². The molecule has 0 radical (unpaired) electrons. The molecule has 0 bridgehead atoms. The van der Waals surface area contributed by atoms with Gasteiger partial charge in [-0.1, -0.05) is 102 Å². The van der Waals surface area contributed by atoms with Crippen LogP contribution in [0.1, 0.15) is 116 Å². The van der Waals surface area contributed by atoms with Crippen molar-refractivity contribution in [2.45, 2.75) is 122 Å². The lowest BCUT2D eigenvalue weighted by molar-refractivity contribution is -0.140. The first-order chi connectivity index (χ1) is 12.7. The predicted octanol–water partition coefficient (Wildman–Crippen LogP) is 7.39. The SMILES string of the molecule is CCCCCCCCCCCCCCCC(CCCC(=O)OC)OCCl. The van der Waals surface area contributed by atoms with Gasteiger partial charge < -0.3 is 9.47 Å². The Kier molecular flexibility index (Phi) is 20.8. The monoisotopic (exact) mass is 390 g/mol. The van der Waals surface area contributed by atoms with Crippen molar-refractivity contribution < 1.29 is 14.3 Å². The van der Waals surface area contributed by atoms with Gasteiger partial charge in [-0.2, -0.15) is 0 Å². The smallest absolute Gasteiger partial charge is 0.305 e. The Hall–Kier alpha value is -0.280. The van der Waals surface area contributed by atoms with E-state index in [4.69, 9.17) is 16.3 Å². The molecule has 3 nitrogen and oxygen atoms in total. The third-order valence-corrected chi connectivity index (χ3v) is 5.19. The van der Waals surface area contributed by atoms with Crippen LogP contribution in [0, 0.1) is 0 Å². The number of esters is 1. The molecule has 0 fully saturated rings. The third-order valence-electron chi connectivity index (χ3n) is 5.06. The molecule has 0 heterocycles. The number of carbonyl (C=O) groups excluding carboxylic acids is 1. The predicted molar refractivity (Wildman–Crippen MR) is 112 cm³/mol. The quantitative estimate of drug-likeness (QED) is 0.123. The molecule has 1 atom stereocenters. The van der Waals surface area contributed by atoms with Crippen LogP contribution in [0.2, 0.25) is 0 Å². The minimum atomic E-state index is -0.143. The van der Waals surface area contributed by atoms with Gasteiger partial charge in [0.1, 0.15) is 6.07 Å². The Morgan fingerprint density at radius 3 is 1.69 bits per heavy atom. The van der Waals surface area contributed by atoms with Crippen molar-refractivity contribution in [3.63, 3.8) is 0 Å². The summed E-state index contributed by atoms with van der Waals surface area (Å²) in [7, 11) is 1.43. The Morgan fingerprint density at radius 2 is 1.23 bits per heavy atom. The molecule has 0 amide bonds. The Balaban J connectivity index is 3.40. The number of ether oxygens (including phenoxy) is 2. The highest BCUT2D eigenvalue weighted by Crippen LogP contribution is 2.16. The number of halogens is 1. The third kappa shape index (κ3) is 18.5. The molecule has 0 aromatic carbocycles. The molecule has 0 aliphatic rings. The van der Waals surface area contributed by atoms with Crippen molar-refractivity contribution in [1.82, 2.24) is 0 Å². The fourth-order valence-electron chi connectivity index (χ4n) is 3.37. The second-order valence-electron chi connectivity index (χ2n) is 7.40. The average Bonchev–Trinajstić information content (AvgIpc) is 2.65. The van der Waals surface area contributed by atoms with E-state index in [-0.39, 0.29) is 18.1 Å². The molecular weight excluding hydrogens is 348 g/mol. The summed E-state index contributed by atoms with van der Waals surface area (Å²) in [5, 5.41) is 0. The van der Waals surface area contributed by atoms with Gasteiger partial charge in [0.15, 0.2) is 0 Å². The van der Waals surface area contributed by atoms with E-state index in [1.807, 2.05) is 0 Å². The summed E-state index contributed by atoms with van der Waals surface area (Å²) in [4.78, 5) is 11.1. The largest absolute Gasteiger partial charge is 0.469 e. The first-order valence-corrected chi connectivity index (χ1v) is 11.5.